The standard InChI is InChI=1S/C27H25ClN2O3/c1-2-14-7-9-18(33-22-13-29-21-11-17(28)8-10-20(21)30-22)12-19(14)25-26(31)23-15-3-4-16(6-5-15)24(23)27(25)32/h7-13,15-16,23-24,31H,2-6H2,1H3. The second-order valence-electron chi connectivity index (χ2n) is 9.47. The third-order valence-electron chi connectivity index (χ3n) is 7.78. The van der Waals surface area contributed by atoms with Gasteiger partial charge in [0.05, 0.1) is 22.8 Å². The highest BCUT2D eigenvalue weighted by Crippen LogP contribution is 2.57. The van der Waals surface area contributed by atoms with Gasteiger partial charge < -0.3 is 9.84 Å². The van der Waals surface area contributed by atoms with E-state index >= 15 is 0 Å². The maximum atomic E-state index is 13.6. The van der Waals surface area contributed by atoms with Crippen LogP contribution in [0.2, 0.25) is 5.02 Å². The molecule has 2 aromatic carbocycles. The van der Waals surface area contributed by atoms with Gasteiger partial charge in [-0.3, -0.25) is 4.79 Å². The van der Waals surface area contributed by atoms with E-state index in [0.29, 0.717) is 50.9 Å². The van der Waals surface area contributed by atoms with Crippen molar-refractivity contribution in [3.8, 4) is 11.6 Å². The van der Waals surface area contributed by atoms with Crippen LogP contribution in [0.1, 0.15) is 43.7 Å². The number of aromatic nitrogens is 2. The van der Waals surface area contributed by atoms with Gasteiger partial charge in [0.2, 0.25) is 5.88 Å². The van der Waals surface area contributed by atoms with E-state index in [1.165, 1.54) is 0 Å². The molecular formula is C27H25ClN2O3. The van der Waals surface area contributed by atoms with Gasteiger partial charge in [0, 0.05) is 16.9 Å². The van der Waals surface area contributed by atoms with Crippen molar-refractivity contribution < 1.29 is 14.6 Å². The second kappa shape index (κ2) is 7.84. The van der Waals surface area contributed by atoms with Crippen molar-refractivity contribution in [1.29, 1.82) is 0 Å². The third kappa shape index (κ3) is 3.33. The zero-order valence-electron chi connectivity index (χ0n) is 18.4. The van der Waals surface area contributed by atoms with Crippen molar-refractivity contribution in [1.82, 2.24) is 9.97 Å². The molecule has 6 heteroatoms. The van der Waals surface area contributed by atoms with Gasteiger partial charge in [0.15, 0.2) is 5.78 Å². The molecule has 1 aromatic heterocycles. The van der Waals surface area contributed by atoms with E-state index in [-0.39, 0.29) is 17.6 Å². The molecule has 2 bridgehead atoms. The van der Waals surface area contributed by atoms with E-state index in [4.69, 9.17) is 16.3 Å². The molecule has 3 saturated carbocycles. The first-order valence-electron chi connectivity index (χ1n) is 11.7. The average molecular weight is 461 g/mol. The number of aryl methyl sites for hydroxylation is 1. The Labute approximate surface area is 197 Å². The van der Waals surface area contributed by atoms with Crippen molar-refractivity contribution in [3.63, 3.8) is 0 Å². The quantitative estimate of drug-likeness (QED) is 0.478. The number of hydrogen-bond donors (Lipinski definition) is 1. The number of Topliss-reactive ketones (excluding diaryl/α,β-unsaturated/α-hetero) is 1. The number of hydrogen-bond acceptors (Lipinski definition) is 5. The smallest absolute Gasteiger partial charge is 0.238 e. The van der Waals surface area contributed by atoms with Crippen LogP contribution in [0.3, 0.4) is 0 Å². The molecule has 5 nitrogen and oxygen atoms in total. The lowest BCUT2D eigenvalue weighted by atomic mass is 9.59. The van der Waals surface area contributed by atoms with Gasteiger partial charge in [0.25, 0.3) is 0 Å². The zero-order valence-corrected chi connectivity index (χ0v) is 19.2. The largest absolute Gasteiger partial charge is 0.511 e. The van der Waals surface area contributed by atoms with Gasteiger partial charge >= 0.3 is 0 Å². The van der Waals surface area contributed by atoms with Gasteiger partial charge in [-0.1, -0.05) is 24.6 Å². The first-order chi connectivity index (χ1) is 16.0. The fourth-order valence-corrected chi connectivity index (χ4v) is 6.41. The minimum absolute atomic E-state index is 0.00698. The molecular weight excluding hydrogens is 436 g/mol. The van der Waals surface area contributed by atoms with E-state index in [9.17, 15) is 9.90 Å². The van der Waals surface area contributed by atoms with Crippen molar-refractivity contribution in [2.24, 2.45) is 23.7 Å². The summed E-state index contributed by atoms with van der Waals surface area (Å²) in [5.74, 6) is 2.10. The number of fused-ring (bicyclic) bond motifs is 3. The summed E-state index contributed by atoms with van der Waals surface area (Å²) >= 11 is 6.04. The Morgan fingerprint density at radius 2 is 1.79 bits per heavy atom. The van der Waals surface area contributed by atoms with Crippen LogP contribution in [-0.4, -0.2) is 20.9 Å². The number of halogens is 1. The molecule has 7 rings (SSSR count). The Morgan fingerprint density at radius 3 is 2.52 bits per heavy atom. The number of aliphatic hydroxyl groups excluding tert-OH is 1. The molecule has 4 aliphatic rings. The van der Waals surface area contributed by atoms with Crippen molar-refractivity contribution >= 4 is 34.0 Å². The average Bonchev–Trinajstić information content (AvgIpc) is 3.12. The maximum absolute atomic E-state index is 13.6. The van der Waals surface area contributed by atoms with Crippen LogP contribution in [0.4, 0.5) is 0 Å². The summed E-state index contributed by atoms with van der Waals surface area (Å²) < 4.78 is 6.04. The highest BCUT2D eigenvalue weighted by atomic mass is 35.5. The number of carbonyl (C=O) groups is 1. The highest BCUT2D eigenvalue weighted by molar-refractivity contribution is 6.31. The van der Waals surface area contributed by atoms with Gasteiger partial charge in [-0.15, -0.1) is 0 Å². The SMILES string of the molecule is CCc1ccc(Oc2cnc3cc(Cl)ccc3n2)cc1C1=C(O)C2C3CCC(CC3)C2C1=O. The molecule has 3 aromatic rings. The van der Waals surface area contributed by atoms with Crippen LogP contribution in [0, 0.1) is 23.7 Å². The monoisotopic (exact) mass is 460 g/mol. The Morgan fingerprint density at radius 1 is 1.03 bits per heavy atom. The van der Waals surface area contributed by atoms with Gasteiger partial charge in [0.1, 0.15) is 11.5 Å². The molecule has 2 unspecified atom stereocenters. The fraction of sp³-hybridized carbons (Fsp3) is 0.370. The minimum atomic E-state index is -0.0556. The number of ether oxygens (including phenoxy) is 1. The van der Waals surface area contributed by atoms with Crippen LogP contribution in [-0.2, 0) is 11.2 Å². The van der Waals surface area contributed by atoms with Gasteiger partial charge in [-0.2, -0.15) is 0 Å². The number of aliphatic hydroxyl groups is 1. The first-order valence-corrected chi connectivity index (χ1v) is 12.1. The highest BCUT2D eigenvalue weighted by Gasteiger charge is 2.54. The van der Waals surface area contributed by atoms with E-state index in [0.717, 1.165) is 43.2 Å². The summed E-state index contributed by atoms with van der Waals surface area (Å²) in [7, 11) is 0. The number of nitrogens with zero attached hydrogens (tertiary/aromatic N) is 2. The molecule has 33 heavy (non-hydrogen) atoms. The summed E-state index contributed by atoms with van der Waals surface area (Å²) in [6.07, 6.45) is 6.77. The normalized spacial score (nSPS) is 26.2. The fourth-order valence-electron chi connectivity index (χ4n) is 6.25. The van der Waals surface area contributed by atoms with E-state index < -0.39 is 0 Å². The molecule has 0 saturated heterocycles. The van der Waals surface area contributed by atoms with Gasteiger partial charge in [-0.05, 0) is 85.4 Å². The number of carbonyl (C=O) groups excluding carboxylic acids is 1. The third-order valence-corrected chi connectivity index (χ3v) is 8.01. The molecule has 168 valence electrons. The van der Waals surface area contributed by atoms with Crippen LogP contribution < -0.4 is 4.74 Å². The molecule has 0 aliphatic heterocycles. The van der Waals surface area contributed by atoms with Crippen molar-refractivity contribution in [3.05, 3.63) is 64.5 Å². The number of benzene rings is 2. The Hall–Kier alpha value is -2.92. The predicted octanol–water partition coefficient (Wildman–Crippen LogP) is 6.54. The summed E-state index contributed by atoms with van der Waals surface area (Å²) in [5, 5.41) is 11.9. The molecule has 0 radical (unpaired) electrons. The van der Waals surface area contributed by atoms with Gasteiger partial charge in [-0.25, -0.2) is 9.97 Å². The molecule has 3 fully saturated rings. The summed E-state index contributed by atoms with van der Waals surface area (Å²) in [6, 6.07) is 11.1. The maximum Gasteiger partial charge on any atom is 0.238 e. The van der Waals surface area contributed by atoms with E-state index in [1.807, 2.05) is 18.2 Å². The summed E-state index contributed by atoms with van der Waals surface area (Å²) in [5.41, 5.74) is 3.70. The lowest BCUT2D eigenvalue weighted by Gasteiger charge is -2.44. The van der Waals surface area contributed by atoms with E-state index in [1.54, 1.807) is 24.4 Å². The van der Waals surface area contributed by atoms with Crippen molar-refractivity contribution in [2.45, 2.75) is 39.0 Å². The molecule has 4 aliphatic carbocycles. The summed E-state index contributed by atoms with van der Waals surface area (Å²) in [6.45, 7) is 2.06. The van der Waals surface area contributed by atoms with E-state index in [2.05, 4.69) is 16.9 Å². The second-order valence-corrected chi connectivity index (χ2v) is 9.90. The number of allylic oxidation sites excluding steroid dienone is 2. The number of ketones is 1. The number of rotatable bonds is 4. The Kier molecular flexibility index (Phi) is 4.91. The van der Waals surface area contributed by atoms with Crippen LogP contribution in [0.15, 0.2) is 48.4 Å². The van der Waals surface area contributed by atoms with Crippen molar-refractivity contribution in [2.75, 3.05) is 0 Å². The first kappa shape index (κ1) is 20.7. The minimum Gasteiger partial charge on any atom is -0.511 e. The lowest BCUT2D eigenvalue weighted by Crippen LogP contribution is -2.41. The molecule has 2 atom stereocenters. The van der Waals surface area contributed by atoms with Crippen LogP contribution >= 0.6 is 11.6 Å². The lowest BCUT2D eigenvalue weighted by molar-refractivity contribution is -0.123. The molecule has 0 spiro atoms. The topological polar surface area (TPSA) is 72.3 Å². The van der Waals surface area contributed by atoms with Crippen LogP contribution in [0.25, 0.3) is 16.6 Å². The molecule has 0 amide bonds. The Bertz CT molecular complexity index is 1310. The Balaban J connectivity index is 1.37. The predicted molar refractivity (Wildman–Crippen MR) is 127 cm³/mol. The summed E-state index contributed by atoms with van der Waals surface area (Å²) in [4.78, 5) is 22.5. The molecule has 1 N–H and O–H groups in total. The molecule has 1 heterocycles. The zero-order chi connectivity index (χ0) is 22.7. The van der Waals surface area contributed by atoms with Crippen LogP contribution in [0.5, 0.6) is 11.6 Å².